The van der Waals surface area contributed by atoms with Crippen LogP contribution >= 0.6 is 0 Å². The number of hydrogen-bond donors (Lipinski definition) is 1. The van der Waals surface area contributed by atoms with Gasteiger partial charge in [0.1, 0.15) is 17.3 Å². The molecule has 6 nitrogen and oxygen atoms in total. The average molecular weight is 392 g/mol. The van der Waals surface area contributed by atoms with Crippen LogP contribution in [0.5, 0.6) is 11.5 Å². The van der Waals surface area contributed by atoms with Gasteiger partial charge in [-0.25, -0.2) is 0 Å². The molecule has 1 atom stereocenters. The fraction of sp³-hybridized carbons (Fsp3) is 0.261. The smallest absolute Gasteiger partial charge is 0.255 e. The van der Waals surface area contributed by atoms with Gasteiger partial charge in [0.2, 0.25) is 0 Å². The van der Waals surface area contributed by atoms with Crippen LogP contribution in [-0.2, 0) is 4.74 Å². The van der Waals surface area contributed by atoms with Crippen molar-refractivity contribution in [3.63, 3.8) is 0 Å². The van der Waals surface area contributed by atoms with E-state index in [4.69, 9.17) is 13.9 Å². The van der Waals surface area contributed by atoms with E-state index in [0.717, 1.165) is 18.8 Å². The number of furan rings is 1. The lowest BCUT2D eigenvalue weighted by Crippen LogP contribution is -2.43. The summed E-state index contributed by atoms with van der Waals surface area (Å²) in [6.45, 7) is 3.40. The maximum absolute atomic E-state index is 12.9. The Balaban J connectivity index is 1.47. The molecule has 0 saturated carbocycles. The van der Waals surface area contributed by atoms with Crippen molar-refractivity contribution in [2.75, 3.05) is 32.8 Å². The molecule has 0 radical (unpaired) electrons. The molecule has 1 fully saturated rings. The Morgan fingerprint density at radius 2 is 1.76 bits per heavy atom. The minimum atomic E-state index is -0.179. The van der Waals surface area contributed by atoms with E-state index in [2.05, 4.69) is 10.2 Å². The number of nitrogens with one attached hydrogen (secondary N) is 1. The summed E-state index contributed by atoms with van der Waals surface area (Å²) in [5, 5.41) is 3.05. The summed E-state index contributed by atoms with van der Waals surface area (Å²) in [4.78, 5) is 15.2. The van der Waals surface area contributed by atoms with Crippen LogP contribution in [0.4, 0.5) is 0 Å². The monoisotopic (exact) mass is 392 g/mol. The average Bonchev–Trinajstić information content (AvgIpc) is 3.30. The third-order valence-corrected chi connectivity index (χ3v) is 4.92. The zero-order valence-corrected chi connectivity index (χ0v) is 16.1. The molecule has 0 aliphatic carbocycles. The number of benzene rings is 2. The normalized spacial score (nSPS) is 15.6. The van der Waals surface area contributed by atoms with Crippen LogP contribution in [0.1, 0.15) is 22.2 Å². The standard InChI is InChI=1S/C23H24N2O4/c26-23(19-9-4-5-10-21(19)29-18-7-2-1-3-8-18)24-17-20(22-11-6-14-28-22)25-12-15-27-16-13-25/h1-11,14,20H,12-13,15-17H2,(H,24,26). The largest absolute Gasteiger partial charge is 0.468 e. The summed E-state index contributed by atoms with van der Waals surface area (Å²) in [6, 6.07) is 20.5. The summed E-state index contributed by atoms with van der Waals surface area (Å²) in [6.07, 6.45) is 1.66. The molecule has 1 aliphatic heterocycles. The topological polar surface area (TPSA) is 63.9 Å². The van der Waals surface area contributed by atoms with Crippen LogP contribution in [0.25, 0.3) is 0 Å². The van der Waals surface area contributed by atoms with Crippen molar-refractivity contribution in [2.24, 2.45) is 0 Å². The molecule has 1 aliphatic rings. The Kier molecular flexibility index (Phi) is 6.24. The number of morpholine rings is 1. The first-order valence-electron chi connectivity index (χ1n) is 9.76. The van der Waals surface area contributed by atoms with E-state index in [-0.39, 0.29) is 11.9 Å². The van der Waals surface area contributed by atoms with Gasteiger partial charge in [-0.15, -0.1) is 0 Å². The second kappa shape index (κ2) is 9.41. The highest BCUT2D eigenvalue weighted by molar-refractivity contribution is 5.97. The molecule has 4 rings (SSSR count). The molecule has 1 amide bonds. The van der Waals surface area contributed by atoms with Crippen molar-refractivity contribution in [2.45, 2.75) is 6.04 Å². The van der Waals surface area contributed by atoms with E-state index in [9.17, 15) is 4.79 Å². The first kappa shape index (κ1) is 19.2. The molecule has 2 heterocycles. The van der Waals surface area contributed by atoms with Gasteiger partial charge < -0.3 is 19.2 Å². The molecule has 29 heavy (non-hydrogen) atoms. The lowest BCUT2D eigenvalue weighted by molar-refractivity contribution is 0.0118. The SMILES string of the molecule is O=C(NCC(c1ccco1)N1CCOCC1)c1ccccc1Oc1ccccc1. The van der Waals surface area contributed by atoms with E-state index in [1.807, 2.05) is 54.6 Å². The first-order valence-corrected chi connectivity index (χ1v) is 9.76. The van der Waals surface area contributed by atoms with Crippen LogP contribution in [0, 0.1) is 0 Å². The van der Waals surface area contributed by atoms with E-state index in [1.54, 1.807) is 18.4 Å². The van der Waals surface area contributed by atoms with Crippen LogP contribution in [-0.4, -0.2) is 43.7 Å². The number of rotatable bonds is 7. The number of hydrogen-bond acceptors (Lipinski definition) is 5. The van der Waals surface area contributed by atoms with Crippen molar-refractivity contribution in [3.05, 3.63) is 84.3 Å². The highest BCUT2D eigenvalue weighted by atomic mass is 16.5. The third kappa shape index (κ3) is 4.85. The summed E-state index contributed by atoms with van der Waals surface area (Å²) in [5.41, 5.74) is 0.497. The number of ether oxygens (including phenoxy) is 2. The molecule has 0 bridgehead atoms. The predicted octanol–water partition coefficient (Wildman–Crippen LogP) is 3.88. The fourth-order valence-corrected chi connectivity index (χ4v) is 3.42. The number of carbonyl (C=O) groups is 1. The lowest BCUT2D eigenvalue weighted by atomic mass is 10.1. The second-order valence-electron chi connectivity index (χ2n) is 6.80. The molecule has 6 heteroatoms. The second-order valence-corrected chi connectivity index (χ2v) is 6.80. The summed E-state index contributed by atoms with van der Waals surface area (Å²) in [7, 11) is 0. The van der Waals surface area contributed by atoms with E-state index >= 15 is 0 Å². The minimum Gasteiger partial charge on any atom is -0.468 e. The van der Waals surface area contributed by atoms with E-state index < -0.39 is 0 Å². The Morgan fingerprint density at radius 3 is 2.52 bits per heavy atom. The summed E-state index contributed by atoms with van der Waals surface area (Å²) < 4.78 is 17.0. The van der Waals surface area contributed by atoms with Gasteiger partial charge in [0, 0.05) is 19.6 Å². The zero-order valence-electron chi connectivity index (χ0n) is 16.1. The van der Waals surface area contributed by atoms with Crippen molar-refractivity contribution in [1.29, 1.82) is 0 Å². The zero-order chi connectivity index (χ0) is 19.9. The van der Waals surface area contributed by atoms with Crippen LogP contribution < -0.4 is 10.1 Å². The Hall–Kier alpha value is -3.09. The van der Waals surface area contributed by atoms with Gasteiger partial charge in [-0.2, -0.15) is 0 Å². The first-order chi connectivity index (χ1) is 14.3. The third-order valence-electron chi connectivity index (χ3n) is 4.92. The van der Waals surface area contributed by atoms with Crippen molar-refractivity contribution in [3.8, 4) is 11.5 Å². The van der Waals surface area contributed by atoms with Gasteiger partial charge in [0.15, 0.2) is 0 Å². The van der Waals surface area contributed by atoms with Gasteiger partial charge in [0.25, 0.3) is 5.91 Å². The maximum Gasteiger partial charge on any atom is 0.255 e. The van der Waals surface area contributed by atoms with Crippen LogP contribution in [0.3, 0.4) is 0 Å². The van der Waals surface area contributed by atoms with Crippen LogP contribution in [0.2, 0.25) is 0 Å². The van der Waals surface area contributed by atoms with Crippen molar-refractivity contribution < 1.29 is 18.7 Å². The molecule has 1 aromatic heterocycles. The molecule has 1 saturated heterocycles. The van der Waals surface area contributed by atoms with E-state index in [0.29, 0.717) is 36.8 Å². The Morgan fingerprint density at radius 1 is 1.00 bits per heavy atom. The molecule has 1 N–H and O–H groups in total. The fourth-order valence-electron chi connectivity index (χ4n) is 3.42. The molecular weight excluding hydrogens is 368 g/mol. The van der Waals surface area contributed by atoms with Gasteiger partial charge in [0.05, 0.1) is 31.1 Å². The minimum absolute atomic E-state index is 0.0416. The van der Waals surface area contributed by atoms with Crippen molar-refractivity contribution in [1.82, 2.24) is 10.2 Å². The Labute approximate surface area is 170 Å². The molecule has 3 aromatic rings. The van der Waals surface area contributed by atoms with Gasteiger partial charge in [-0.1, -0.05) is 30.3 Å². The molecule has 150 valence electrons. The maximum atomic E-state index is 12.9. The molecule has 2 aromatic carbocycles. The number of carbonyl (C=O) groups excluding carboxylic acids is 1. The van der Waals surface area contributed by atoms with Gasteiger partial charge in [-0.05, 0) is 36.4 Å². The molecule has 0 spiro atoms. The quantitative estimate of drug-likeness (QED) is 0.661. The predicted molar refractivity (Wildman–Crippen MR) is 109 cm³/mol. The van der Waals surface area contributed by atoms with Crippen molar-refractivity contribution >= 4 is 5.91 Å². The van der Waals surface area contributed by atoms with Gasteiger partial charge >= 0.3 is 0 Å². The number of nitrogens with zero attached hydrogens (tertiary/aromatic N) is 1. The van der Waals surface area contributed by atoms with E-state index in [1.165, 1.54) is 0 Å². The number of amides is 1. The summed E-state index contributed by atoms with van der Waals surface area (Å²) in [5.74, 6) is 1.87. The summed E-state index contributed by atoms with van der Waals surface area (Å²) >= 11 is 0. The number of para-hydroxylation sites is 2. The Bertz CT molecular complexity index is 906. The molecular formula is C23H24N2O4. The highest BCUT2D eigenvalue weighted by Crippen LogP contribution is 2.26. The highest BCUT2D eigenvalue weighted by Gasteiger charge is 2.25. The van der Waals surface area contributed by atoms with Crippen LogP contribution in [0.15, 0.2) is 77.4 Å². The lowest BCUT2D eigenvalue weighted by Gasteiger charge is -2.33. The van der Waals surface area contributed by atoms with Gasteiger partial charge in [-0.3, -0.25) is 9.69 Å². The molecule has 1 unspecified atom stereocenters.